The van der Waals surface area contributed by atoms with Gasteiger partial charge in [-0.1, -0.05) is 6.92 Å². The largest absolute Gasteiger partial charge is 0.353 e. The van der Waals surface area contributed by atoms with Gasteiger partial charge in [0.1, 0.15) is 0 Å². The van der Waals surface area contributed by atoms with Gasteiger partial charge in [-0.25, -0.2) is 0 Å². The van der Waals surface area contributed by atoms with Crippen LogP contribution < -0.4 is 5.32 Å². The molecule has 6 heteroatoms. The van der Waals surface area contributed by atoms with Crippen molar-refractivity contribution in [1.82, 2.24) is 15.1 Å². The fourth-order valence-electron chi connectivity index (χ4n) is 1.50. The van der Waals surface area contributed by atoms with Crippen LogP contribution in [0.5, 0.6) is 0 Å². The first-order valence-electron chi connectivity index (χ1n) is 6.53. The Balaban J connectivity index is 4.21. The summed E-state index contributed by atoms with van der Waals surface area (Å²) in [5.74, 6) is -0.154. The normalized spacial score (nSPS) is 10.4. The van der Waals surface area contributed by atoms with Gasteiger partial charge in [0, 0.05) is 19.6 Å². The minimum absolute atomic E-state index is 0.0746. The minimum Gasteiger partial charge on any atom is -0.353 e. The summed E-state index contributed by atoms with van der Waals surface area (Å²) in [7, 11) is 1.67. The molecule has 0 aliphatic rings. The summed E-state index contributed by atoms with van der Waals surface area (Å²) in [6.07, 6.45) is 0.322. The third-order valence-electron chi connectivity index (χ3n) is 2.61. The van der Waals surface area contributed by atoms with Crippen LogP contribution in [0.2, 0.25) is 0 Å². The van der Waals surface area contributed by atoms with Crippen molar-refractivity contribution in [3.05, 3.63) is 0 Å². The van der Waals surface area contributed by atoms with Crippen LogP contribution in [-0.4, -0.2) is 60.9 Å². The van der Waals surface area contributed by atoms with Crippen molar-refractivity contribution in [2.45, 2.75) is 33.2 Å². The number of hydrogen-bond acceptors (Lipinski definition) is 4. The van der Waals surface area contributed by atoms with Crippen LogP contribution >= 0.6 is 0 Å². The molecular weight excluding hydrogens is 244 g/mol. The second-order valence-corrected chi connectivity index (χ2v) is 4.75. The first kappa shape index (κ1) is 17.4. The molecule has 0 aromatic rings. The summed E-state index contributed by atoms with van der Waals surface area (Å²) in [5, 5.41) is 11.3. The predicted octanol–water partition coefficient (Wildman–Crippen LogP) is 0.205. The summed E-state index contributed by atoms with van der Waals surface area (Å²) in [4.78, 5) is 26.8. The molecule has 6 nitrogen and oxygen atoms in total. The summed E-state index contributed by atoms with van der Waals surface area (Å²) >= 11 is 0. The van der Waals surface area contributed by atoms with Crippen molar-refractivity contribution >= 4 is 11.8 Å². The Hall–Kier alpha value is -1.61. The number of hydrogen-bond donors (Lipinski definition) is 1. The van der Waals surface area contributed by atoms with Gasteiger partial charge in [-0.15, -0.1) is 0 Å². The van der Waals surface area contributed by atoms with E-state index in [0.29, 0.717) is 19.5 Å². The quantitative estimate of drug-likeness (QED) is 0.682. The maximum Gasteiger partial charge on any atom is 0.236 e. The highest BCUT2D eigenvalue weighted by atomic mass is 16.2. The molecule has 0 saturated heterocycles. The highest BCUT2D eigenvalue weighted by Crippen LogP contribution is 1.94. The molecule has 0 rings (SSSR count). The predicted molar refractivity (Wildman–Crippen MR) is 73.3 cm³/mol. The Morgan fingerprint density at radius 1 is 1.32 bits per heavy atom. The second kappa shape index (κ2) is 9.34. The zero-order chi connectivity index (χ0) is 14.8. The minimum atomic E-state index is -0.0793. The first-order chi connectivity index (χ1) is 8.90. The molecular formula is C13H24N4O2. The van der Waals surface area contributed by atoms with E-state index < -0.39 is 0 Å². The molecule has 0 fully saturated rings. The highest BCUT2D eigenvalue weighted by Gasteiger charge is 2.16. The Labute approximate surface area is 115 Å². The van der Waals surface area contributed by atoms with Crippen LogP contribution in [0.3, 0.4) is 0 Å². The van der Waals surface area contributed by atoms with Crippen LogP contribution in [0.4, 0.5) is 0 Å². The molecule has 19 heavy (non-hydrogen) atoms. The topological polar surface area (TPSA) is 76.4 Å². The molecule has 0 aromatic heterocycles. The molecule has 0 aromatic carbocycles. The van der Waals surface area contributed by atoms with Crippen molar-refractivity contribution < 1.29 is 9.59 Å². The van der Waals surface area contributed by atoms with Gasteiger partial charge in [0.2, 0.25) is 11.8 Å². The van der Waals surface area contributed by atoms with Gasteiger partial charge in [0.15, 0.2) is 0 Å². The lowest BCUT2D eigenvalue weighted by Crippen LogP contribution is -2.44. The van der Waals surface area contributed by atoms with Crippen LogP contribution in [0.1, 0.15) is 27.2 Å². The molecule has 108 valence electrons. The third kappa shape index (κ3) is 8.16. The smallest absolute Gasteiger partial charge is 0.236 e. The van der Waals surface area contributed by atoms with Gasteiger partial charge in [0.25, 0.3) is 0 Å². The van der Waals surface area contributed by atoms with E-state index in [0.717, 1.165) is 0 Å². The molecule has 0 aliphatic carbocycles. The molecule has 1 N–H and O–H groups in total. The molecule has 0 aliphatic heterocycles. The molecule has 0 spiro atoms. The molecule has 2 amide bonds. The van der Waals surface area contributed by atoms with Gasteiger partial charge in [-0.3, -0.25) is 14.5 Å². The Bertz CT molecular complexity index is 336. The third-order valence-corrected chi connectivity index (χ3v) is 2.61. The number of rotatable bonds is 8. The number of nitrogens with zero attached hydrogens (tertiary/aromatic N) is 3. The van der Waals surface area contributed by atoms with Gasteiger partial charge in [0.05, 0.1) is 25.6 Å². The molecule has 0 bridgehead atoms. The van der Waals surface area contributed by atoms with Crippen molar-refractivity contribution in [1.29, 1.82) is 5.26 Å². The number of likely N-dealkylation sites (N-methyl/N-ethyl adjacent to an activating group) is 2. The van der Waals surface area contributed by atoms with E-state index in [1.54, 1.807) is 11.9 Å². The number of carbonyl (C=O) groups is 2. The highest BCUT2D eigenvalue weighted by molar-refractivity contribution is 5.81. The fraction of sp³-hybridized carbons (Fsp3) is 0.769. The SMILES string of the molecule is CCN(CC(=O)NC(C)C)CC(=O)N(C)CCC#N. The first-order valence-corrected chi connectivity index (χ1v) is 6.53. The molecule has 0 radical (unpaired) electrons. The van der Waals surface area contributed by atoms with Crippen LogP contribution in [0.25, 0.3) is 0 Å². The zero-order valence-electron chi connectivity index (χ0n) is 12.3. The summed E-state index contributed by atoms with van der Waals surface area (Å²) in [6.45, 7) is 7.17. The second-order valence-electron chi connectivity index (χ2n) is 4.75. The maximum absolute atomic E-state index is 11.9. The van der Waals surface area contributed by atoms with E-state index in [2.05, 4.69) is 5.32 Å². The number of nitrogens with one attached hydrogen (secondary N) is 1. The van der Waals surface area contributed by atoms with E-state index in [-0.39, 0.29) is 30.9 Å². The maximum atomic E-state index is 11.9. The van der Waals surface area contributed by atoms with E-state index in [1.807, 2.05) is 26.8 Å². The monoisotopic (exact) mass is 268 g/mol. The van der Waals surface area contributed by atoms with E-state index >= 15 is 0 Å². The lowest BCUT2D eigenvalue weighted by Gasteiger charge is -2.23. The number of nitriles is 1. The standard InChI is InChI=1S/C13H24N4O2/c1-5-17(9-12(18)15-11(2)3)10-13(19)16(4)8-6-7-14/h11H,5-6,8-10H2,1-4H3,(H,15,18). The van der Waals surface area contributed by atoms with Crippen molar-refractivity contribution in [3.8, 4) is 6.07 Å². The lowest BCUT2D eigenvalue weighted by molar-refractivity contribution is -0.131. The molecule has 0 heterocycles. The Kier molecular flexibility index (Phi) is 8.55. The summed E-state index contributed by atoms with van der Waals surface area (Å²) in [6, 6.07) is 2.10. The Morgan fingerprint density at radius 3 is 2.42 bits per heavy atom. The fourth-order valence-corrected chi connectivity index (χ4v) is 1.50. The van der Waals surface area contributed by atoms with Crippen molar-refractivity contribution in [2.75, 3.05) is 33.2 Å². The zero-order valence-corrected chi connectivity index (χ0v) is 12.3. The lowest BCUT2D eigenvalue weighted by atomic mass is 10.3. The van der Waals surface area contributed by atoms with Crippen LogP contribution in [0, 0.1) is 11.3 Å². The van der Waals surface area contributed by atoms with Gasteiger partial charge in [-0.05, 0) is 20.4 Å². The average molecular weight is 268 g/mol. The van der Waals surface area contributed by atoms with Crippen molar-refractivity contribution in [2.24, 2.45) is 0 Å². The van der Waals surface area contributed by atoms with E-state index in [9.17, 15) is 9.59 Å². The van der Waals surface area contributed by atoms with E-state index in [4.69, 9.17) is 5.26 Å². The number of carbonyl (C=O) groups excluding carboxylic acids is 2. The van der Waals surface area contributed by atoms with Gasteiger partial charge in [-0.2, -0.15) is 5.26 Å². The average Bonchev–Trinajstić information content (AvgIpc) is 2.33. The van der Waals surface area contributed by atoms with Crippen molar-refractivity contribution in [3.63, 3.8) is 0 Å². The van der Waals surface area contributed by atoms with E-state index in [1.165, 1.54) is 4.90 Å². The van der Waals surface area contributed by atoms with Crippen LogP contribution in [-0.2, 0) is 9.59 Å². The van der Waals surface area contributed by atoms with Crippen LogP contribution in [0.15, 0.2) is 0 Å². The Morgan fingerprint density at radius 2 is 1.95 bits per heavy atom. The number of amides is 2. The van der Waals surface area contributed by atoms with Gasteiger partial charge < -0.3 is 10.2 Å². The summed E-state index contributed by atoms with van der Waals surface area (Å²) < 4.78 is 0. The molecule has 0 saturated carbocycles. The van der Waals surface area contributed by atoms with Gasteiger partial charge >= 0.3 is 0 Å². The summed E-state index contributed by atoms with van der Waals surface area (Å²) in [5.41, 5.74) is 0. The molecule has 0 unspecified atom stereocenters. The molecule has 0 atom stereocenters.